The number of nitrogens with one attached hydrogen (secondary N) is 1. The number of hydrogen-bond donors (Lipinski definition) is 2. The minimum Gasteiger partial charge on any atom is -0.500 e. The fourth-order valence-electron chi connectivity index (χ4n) is 2.55. The quantitative estimate of drug-likeness (QED) is 0.753. The average molecular weight is 307 g/mol. The van der Waals surface area contributed by atoms with E-state index in [0.29, 0.717) is 18.9 Å². The molecule has 5 nitrogen and oxygen atoms in total. The lowest BCUT2D eigenvalue weighted by atomic mass is 10.1. The zero-order valence-corrected chi connectivity index (χ0v) is 13.4. The Morgan fingerprint density at radius 3 is 2.73 bits per heavy atom. The topological polar surface area (TPSA) is 60.0 Å². The summed E-state index contributed by atoms with van der Waals surface area (Å²) in [6.07, 6.45) is 1.48. The molecule has 1 aliphatic heterocycles. The lowest BCUT2D eigenvalue weighted by molar-refractivity contribution is -0.141. The molecule has 1 saturated heterocycles. The van der Waals surface area contributed by atoms with Crippen LogP contribution < -0.4 is 5.32 Å². The van der Waals surface area contributed by atoms with Crippen LogP contribution in [-0.4, -0.2) is 43.4 Å². The van der Waals surface area contributed by atoms with E-state index in [2.05, 4.69) is 17.4 Å². The van der Waals surface area contributed by atoms with Gasteiger partial charge in [0, 0.05) is 6.54 Å². The van der Waals surface area contributed by atoms with Gasteiger partial charge in [0.15, 0.2) is 5.79 Å². The number of methoxy groups -OCH3 is 1. The van der Waals surface area contributed by atoms with Gasteiger partial charge in [-0.1, -0.05) is 30.3 Å². The third-order valence-electron chi connectivity index (χ3n) is 3.61. The predicted molar refractivity (Wildman–Crippen MR) is 84.2 cm³/mol. The van der Waals surface area contributed by atoms with Crippen LogP contribution in [0.2, 0.25) is 0 Å². The molecular weight excluding hydrogens is 282 g/mol. The first kappa shape index (κ1) is 17.0. The minimum atomic E-state index is -0.602. The molecule has 0 spiro atoms. The average Bonchev–Trinajstić information content (AvgIpc) is 2.87. The third-order valence-corrected chi connectivity index (χ3v) is 3.61. The molecule has 1 heterocycles. The Labute approximate surface area is 131 Å². The van der Waals surface area contributed by atoms with Gasteiger partial charge in [-0.3, -0.25) is 0 Å². The number of rotatable bonds is 7. The first-order valence-electron chi connectivity index (χ1n) is 7.49. The zero-order chi connectivity index (χ0) is 16.0. The molecule has 22 heavy (non-hydrogen) atoms. The van der Waals surface area contributed by atoms with Crippen molar-refractivity contribution in [3.63, 3.8) is 0 Å². The van der Waals surface area contributed by atoms with Gasteiger partial charge in [0.2, 0.25) is 0 Å². The van der Waals surface area contributed by atoms with E-state index < -0.39 is 5.79 Å². The Kier molecular flexibility index (Phi) is 5.97. The van der Waals surface area contributed by atoms with Crippen LogP contribution in [0, 0.1) is 0 Å². The van der Waals surface area contributed by atoms with Gasteiger partial charge in [-0.05, 0) is 25.5 Å². The molecule has 1 aliphatic rings. The summed E-state index contributed by atoms with van der Waals surface area (Å²) in [5.41, 5.74) is 1.17. The number of benzene rings is 1. The second kappa shape index (κ2) is 7.74. The van der Waals surface area contributed by atoms with Crippen molar-refractivity contribution in [2.24, 2.45) is 0 Å². The van der Waals surface area contributed by atoms with E-state index in [9.17, 15) is 5.11 Å². The van der Waals surface area contributed by atoms with Crippen molar-refractivity contribution in [1.82, 2.24) is 5.32 Å². The van der Waals surface area contributed by atoms with E-state index >= 15 is 0 Å². The molecule has 1 aromatic carbocycles. The summed E-state index contributed by atoms with van der Waals surface area (Å²) in [5, 5.41) is 12.6. The molecule has 2 rings (SSSR count). The summed E-state index contributed by atoms with van der Waals surface area (Å²) in [5.74, 6) is 0.0554. The maximum absolute atomic E-state index is 9.19. The molecule has 1 aromatic rings. The molecule has 1 fully saturated rings. The van der Waals surface area contributed by atoms with E-state index in [1.807, 2.05) is 32.0 Å². The summed E-state index contributed by atoms with van der Waals surface area (Å²) in [4.78, 5) is 0. The van der Waals surface area contributed by atoms with E-state index in [0.717, 1.165) is 0 Å². The Morgan fingerprint density at radius 1 is 1.45 bits per heavy atom. The predicted octanol–water partition coefficient (Wildman–Crippen LogP) is 1.82. The maximum Gasteiger partial charge on any atom is 0.163 e. The maximum atomic E-state index is 9.19. The highest BCUT2D eigenvalue weighted by Crippen LogP contribution is 2.27. The monoisotopic (exact) mass is 307 g/mol. The van der Waals surface area contributed by atoms with Crippen molar-refractivity contribution < 1.29 is 19.3 Å². The van der Waals surface area contributed by atoms with Gasteiger partial charge in [-0.25, -0.2) is 0 Å². The van der Waals surface area contributed by atoms with Crippen LogP contribution in [0.25, 0.3) is 0 Å². The highest BCUT2D eigenvalue weighted by molar-refractivity contribution is 5.16. The molecule has 2 N–H and O–H groups in total. The number of ether oxygens (including phenoxy) is 3. The van der Waals surface area contributed by atoms with Crippen LogP contribution in [-0.2, 0) is 20.8 Å². The number of aliphatic hydroxyl groups is 1. The summed E-state index contributed by atoms with van der Waals surface area (Å²) in [7, 11) is 1.60. The standard InChI is InChI=1S/C17H25NO4/c1-17(2)21-12-15(22-17)16(14(20-3)9-10-19)18-11-13-7-5-4-6-8-13/h4-9,15-16,18-19H,10-12H2,1-3H3/b14-9+/t15-,16-/m1/s1. The van der Waals surface area contributed by atoms with Crippen molar-refractivity contribution in [2.75, 3.05) is 20.3 Å². The normalized spacial score (nSPS) is 22.5. The lowest BCUT2D eigenvalue weighted by Crippen LogP contribution is -2.43. The fraction of sp³-hybridized carbons (Fsp3) is 0.529. The molecule has 5 heteroatoms. The molecule has 122 valence electrons. The first-order chi connectivity index (χ1) is 10.6. The lowest BCUT2D eigenvalue weighted by Gasteiger charge is -2.26. The van der Waals surface area contributed by atoms with Crippen molar-refractivity contribution in [3.05, 3.63) is 47.7 Å². The Bertz CT molecular complexity index is 487. The SMILES string of the molecule is CO/C(=C/CO)[C@@H](NCc1ccccc1)[C@H]1COC(C)(C)O1. The summed E-state index contributed by atoms with van der Waals surface area (Å²) in [6, 6.07) is 9.93. The number of hydrogen-bond acceptors (Lipinski definition) is 5. The van der Waals surface area contributed by atoms with E-state index in [4.69, 9.17) is 14.2 Å². The molecule has 0 aliphatic carbocycles. The first-order valence-corrected chi connectivity index (χ1v) is 7.49. The highest BCUT2D eigenvalue weighted by atomic mass is 16.7. The molecule has 0 saturated carbocycles. The second-order valence-electron chi connectivity index (χ2n) is 5.70. The third kappa shape index (κ3) is 4.55. The van der Waals surface area contributed by atoms with Crippen LogP contribution >= 0.6 is 0 Å². The van der Waals surface area contributed by atoms with Crippen LogP contribution in [0.1, 0.15) is 19.4 Å². The van der Waals surface area contributed by atoms with Gasteiger partial charge in [0.1, 0.15) is 11.9 Å². The highest BCUT2D eigenvalue weighted by Gasteiger charge is 2.39. The van der Waals surface area contributed by atoms with E-state index in [1.165, 1.54) is 5.56 Å². The molecule has 0 unspecified atom stereocenters. The summed E-state index contributed by atoms with van der Waals surface area (Å²) >= 11 is 0. The summed E-state index contributed by atoms with van der Waals surface area (Å²) in [6.45, 7) is 4.86. The fourth-order valence-corrected chi connectivity index (χ4v) is 2.55. The van der Waals surface area contributed by atoms with Crippen LogP contribution in [0.15, 0.2) is 42.2 Å². The van der Waals surface area contributed by atoms with Gasteiger partial charge in [-0.15, -0.1) is 0 Å². The Balaban J connectivity index is 2.09. The number of aliphatic hydroxyl groups excluding tert-OH is 1. The van der Waals surface area contributed by atoms with Gasteiger partial charge in [0.25, 0.3) is 0 Å². The molecule has 0 bridgehead atoms. The Morgan fingerprint density at radius 2 is 2.18 bits per heavy atom. The molecule has 0 amide bonds. The molecule has 0 aromatic heterocycles. The van der Waals surface area contributed by atoms with E-state index in [1.54, 1.807) is 13.2 Å². The minimum absolute atomic E-state index is 0.0797. The summed E-state index contributed by atoms with van der Waals surface area (Å²) < 4.78 is 17.0. The largest absolute Gasteiger partial charge is 0.500 e. The van der Waals surface area contributed by atoms with Gasteiger partial charge in [-0.2, -0.15) is 0 Å². The van der Waals surface area contributed by atoms with Gasteiger partial charge < -0.3 is 24.6 Å². The van der Waals surface area contributed by atoms with Crippen LogP contribution in [0.5, 0.6) is 0 Å². The molecule has 0 radical (unpaired) electrons. The van der Waals surface area contributed by atoms with Gasteiger partial charge in [0.05, 0.1) is 26.4 Å². The smallest absolute Gasteiger partial charge is 0.163 e. The van der Waals surface area contributed by atoms with Crippen molar-refractivity contribution >= 4 is 0 Å². The van der Waals surface area contributed by atoms with E-state index in [-0.39, 0.29) is 18.8 Å². The molecule has 2 atom stereocenters. The van der Waals surface area contributed by atoms with Crippen LogP contribution in [0.4, 0.5) is 0 Å². The van der Waals surface area contributed by atoms with Crippen molar-refractivity contribution in [1.29, 1.82) is 0 Å². The Hall–Kier alpha value is -1.40. The van der Waals surface area contributed by atoms with Crippen LogP contribution in [0.3, 0.4) is 0 Å². The van der Waals surface area contributed by atoms with Crippen molar-refractivity contribution in [3.8, 4) is 0 Å². The van der Waals surface area contributed by atoms with Crippen molar-refractivity contribution in [2.45, 2.75) is 38.3 Å². The second-order valence-corrected chi connectivity index (χ2v) is 5.70. The zero-order valence-electron chi connectivity index (χ0n) is 13.4. The molecular formula is C17H25NO4. The van der Waals surface area contributed by atoms with Gasteiger partial charge >= 0.3 is 0 Å².